The molecule has 3 aromatic rings. The molecule has 9 heteroatoms. The van der Waals surface area contributed by atoms with Crippen LogP contribution in [0.3, 0.4) is 0 Å². The van der Waals surface area contributed by atoms with Crippen molar-refractivity contribution in [3.8, 4) is 5.69 Å². The molecular weight excluding hydrogens is 370 g/mol. The van der Waals surface area contributed by atoms with Crippen LogP contribution in [0.4, 0.5) is 0 Å². The van der Waals surface area contributed by atoms with Crippen LogP contribution in [0.1, 0.15) is 40.5 Å². The first-order valence-electron chi connectivity index (χ1n) is 9.86. The molecule has 1 fully saturated rings. The van der Waals surface area contributed by atoms with Crippen molar-refractivity contribution in [3.05, 3.63) is 53.5 Å². The van der Waals surface area contributed by atoms with E-state index in [-0.39, 0.29) is 5.91 Å². The molecule has 0 atom stereocenters. The first-order valence-corrected chi connectivity index (χ1v) is 9.86. The van der Waals surface area contributed by atoms with Gasteiger partial charge >= 0.3 is 0 Å². The monoisotopic (exact) mass is 395 g/mol. The summed E-state index contributed by atoms with van der Waals surface area (Å²) in [5.74, 6) is 2.03. The third-order valence-electron chi connectivity index (χ3n) is 5.43. The van der Waals surface area contributed by atoms with Crippen molar-refractivity contribution in [3.63, 3.8) is 0 Å². The number of para-hydroxylation sites is 1. The maximum absolute atomic E-state index is 12.7. The van der Waals surface area contributed by atoms with Crippen molar-refractivity contribution in [2.24, 2.45) is 5.92 Å². The summed E-state index contributed by atoms with van der Waals surface area (Å²) in [6.45, 7) is 7.26. The molecule has 4 rings (SSSR count). The maximum atomic E-state index is 12.7. The number of nitrogens with zero attached hydrogens (tertiary/aromatic N) is 6. The number of carbonyl (C=O) groups excluding carboxylic acids is 1. The number of amides is 1. The van der Waals surface area contributed by atoms with Gasteiger partial charge in [-0.25, -0.2) is 4.98 Å². The van der Waals surface area contributed by atoms with Crippen LogP contribution in [0.2, 0.25) is 0 Å². The molecule has 152 valence electrons. The lowest BCUT2D eigenvalue weighted by molar-refractivity contribution is 0.0933. The Morgan fingerprint density at radius 3 is 2.72 bits per heavy atom. The van der Waals surface area contributed by atoms with Crippen LogP contribution in [0.5, 0.6) is 0 Å². The Bertz CT molecular complexity index is 940. The number of likely N-dealkylation sites (tertiary alicyclic amines) is 1. The smallest absolute Gasteiger partial charge is 0.253 e. The van der Waals surface area contributed by atoms with Gasteiger partial charge in [-0.2, -0.15) is 4.68 Å². The average molecular weight is 395 g/mol. The third kappa shape index (κ3) is 4.51. The van der Waals surface area contributed by atoms with E-state index in [4.69, 9.17) is 4.42 Å². The van der Waals surface area contributed by atoms with Gasteiger partial charge in [0.25, 0.3) is 5.91 Å². The molecule has 0 saturated carbocycles. The highest BCUT2D eigenvalue weighted by Crippen LogP contribution is 2.20. The molecule has 0 spiro atoms. The number of piperidine rings is 1. The Labute approximate surface area is 169 Å². The molecule has 0 radical (unpaired) electrons. The number of aryl methyl sites for hydroxylation is 2. The number of hydrogen-bond donors (Lipinski definition) is 1. The molecule has 2 aromatic heterocycles. The molecule has 3 heterocycles. The number of rotatable bonds is 6. The molecule has 0 aliphatic carbocycles. The number of oxazole rings is 1. The topological polar surface area (TPSA) is 102 Å². The number of nitrogens with one attached hydrogen (secondary N) is 1. The van der Waals surface area contributed by atoms with E-state index in [1.165, 1.54) is 11.0 Å². The first kappa shape index (κ1) is 19.3. The quantitative estimate of drug-likeness (QED) is 0.680. The minimum atomic E-state index is -0.107. The second-order valence-corrected chi connectivity index (χ2v) is 7.45. The zero-order valence-corrected chi connectivity index (χ0v) is 16.7. The predicted octanol–water partition coefficient (Wildman–Crippen LogP) is 1.91. The summed E-state index contributed by atoms with van der Waals surface area (Å²) in [5.41, 5.74) is 2.19. The van der Waals surface area contributed by atoms with Gasteiger partial charge in [0.15, 0.2) is 0 Å². The molecule has 29 heavy (non-hydrogen) atoms. The van der Waals surface area contributed by atoms with Crippen LogP contribution < -0.4 is 5.32 Å². The van der Waals surface area contributed by atoms with Crippen LogP contribution in [0, 0.1) is 19.8 Å². The van der Waals surface area contributed by atoms with E-state index in [1.807, 2.05) is 32.0 Å². The van der Waals surface area contributed by atoms with Gasteiger partial charge < -0.3 is 9.73 Å². The van der Waals surface area contributed by atoms with Crippen LogP contribution >= 0.6 is 0 Å². The van der Waals surface area contributed by atoms with E-state index in [2.05, 4.69) is 30.7 Å². The molecule has 9 nitrogen and oxygen atoms in total. The van der Waals surface area contributed by atoms with Crippen molar-refractivity contribution >= 4 is 5.91 Å². The fourth-order valence-corrected chi connectivity index (χ4v) is 3.62. The average Bonchev–Trinajstić information content (AvgIpc) is 3.37. The number of hydrogen-bond acceptors (Lipinski definition) is 7. The van der Waals surface area contributed by atoms with Crippen LogP contribution in [-0.2, 0) is 6.54 Å². The number of carbonyl (C=O) groups is 1. The maximum Gasteiger partial charge on any atom is 0.253 e. The van der Waals surface area contributed by atoms with Crippen molar-refractivity contribution in [1.29, 1.82) is 0 Å². The standard InChI is InChI=1S/C20H25N7O2/c1-14-15(2)29-19(23-14)12-26-9-7-16(8-10-26)11-21-20(28)17-5-3-4-6-18(17)27-13-22-24-25-27/h3-6,13,16H,7-12H2,1-2H3,(H,21,28). The summed E-state index contributed by atoms with van der Waals surface area (Å²) < 4.78 is 7.19. The molecule has 0 unspecified atom stereocenters. The predicted molar refractivity (Wildman–Crippen MR) is 105 cm³/mol. The molecule has 1 amide bonds. The van der Waals surface area contributed by atoms with E-state index in [0.29, 0.717) is 23.7 Å². The van der Waals surface area contributed by atoms with E-state index < -0.39 is 0 Å². The van der Waals surface area contributed by atoms with E-state index in [1.54, 1.807) is 6.07 Å². The van der Waals surface area contributed by atoms with Gasteiger partial charge in [-0.3, -0.25) is 9.69 Å². The third-order valence-corrected chi connectivity index (χ3v) is 5.43. The second kappa shape index (κ2) is 8.52. The van der Waals surface area contributed by atoms with Gasteiger partial charge in [-0.15, -0.1) is 5.10 Å². The lowest BCUT2D eigenvalue weighted by Gasteiger charge is -2.31. The lowest BCUT2D eigenvalue weighted by Crippen LogP contribution is -2.38. The molecule has 1 aliphatic heterocycles. The highest BCUT2D eigenvalue weighted by Gasteiger charge is 2.22. The summed E-state index contributed by atoms with van der Waals surface area (Å²) in [4.78, 5) is 19.5. The van der Waals surface area contributed by atoms with Gasteiger partial charge in [0.2, 0.25) is 5.89 Å². The Morgan fingerprint density at radius 1 is 1.24 bits per heavy atom. The number of aromatic nitrogens is 5. The van der Waals surface area contributed by atoms with E-state index in [9.17, 15) is 4.79 Å². The van der Waals surface area contributed by atoms with Crippen LogP contribution in [0.15, 0.2) is 35.0 Å². The zero-order valence-electron chi connectivity index (χ0n) is 16.7. The molecule has 1 saturated heterocycles. The fraction of sp³-hybridized carbons (Fsp3) is 0.450. The van der Waals surface area contributed by atoms with Crippen molar-refractivity contribution in [2.75, 3.05) is 19.6 Å². The second-order valence-electron chi connectivity index (χ2n) is 7.45. The fourth-order valence-electron chi connectivity index (χ4n) is 3.62. The number of tetrazole rings is 1. The lowest BCUT2D eigenvalue weighted by atomic mass is 9.96. The van der Waals surface area contributed by atoms with Gasteiger partial charge in [0.1, 0.15) is 12.1 Å². The highest BCUT2D eigenvalue weighted by molar-refractivity contribution is 5.97. The Morgan fingerprint density at radius 2 is 2.03 bits per heavy atom. The summed E-state index contributed by atoms with van der Waals surface area (Å²) in [7, 11) is 0. The summed E-state index contributed by atoms with van der Waals surface area (Å²) in [6.07, 6.45) is 3.56. The van der Waals surface area contributed by atoms with Crippen molar-refractivity contribution < 1.29 is 9.21 Å². The molecule has 1 aromatic carbocycles. The van der Waals surface area contributed by atoms with Gasteiger partial charge in [0, 0.05) is 6.54 Å². The highest BCUT2D eigenvalue weighted by atomic mass is 16.4. The van der Waals surface area contributed by atoms with Gasteiger partial charge in [-0.05, 0) is 68.3 Å². The molecule has 0 bridgehead atoms. The van der Waals surface area contributed by atoms with E-state index in [0.717, 1.165) is 49.8 Å². The Balaban J connectivity index is 1.28. The van der Waals surface area contributed by atoms with Crippen molar-refractivity contribution in [1.82, 2.24) is 35.4 Å². The van der Waals surface area contributed by atoms with Crippen LogP contribution in [-0.4, -0.2) is 55.6 Å². The Hall–Kier alpha value is -3.07. The summed E-state index contributed by atoms with van der Waals surface area (Å²) in [5, 5.41) is 14.3. The normalized spacial score (nSPS) is 15.5. The first-order chi connectivity index (χ1) is 14.1. The summed E-state index contributed by atoms with van der Waals surface area (Å²) in [6, 6.07) is 7.32. The van der Waals surface area contributed by atoms with Gasteiger partial charge in [0.05, 0.1) is 23.5 Å². The molecule has 1 N–H and O–H groups in total. The largest absolute Gasteiger partial charge is 0.444 e. The number of benzene rings is 1. The van der Waals surface area contributed by atoms with E-state index >= 15 is 0 Å². The molecular formula is C20H25N7O2. The van der Waals surface area contributed by atoms with Crippen molar-refractivity contribution in [2.45, 2.75) is 33.2 Å². The molecule has 1 aliphatic rings. The SMILES string of the molecule is Cc1nc(CN2CCC(CNC(=O)c3ccccc3-n3cnnn3)CC2)oc1C. The Kier molecular flexibility index (Phi) is 5.66. The van der Waals surface area contributed by atoms with Crippen LogP contribution in [0.25, 0.3) is 5.69 Å². The van der Waals surface area contributed by atoms with Gasteiger partial charge in [-0.1, -0.05) is 12.1 Å². The summed E-state index contributed by atoms with van der Waals surface area (Å²) >= 11 is 0. The minimum Gasteiger partial charge on any atom is -0.444 e. The zero-order chi connectivity index (χ0) is 20.2. The minimum absolute atomic E-state index is 0.107.